The maximum atomic E-state index is 13.2. The second-order valence-electron chi connectivity index (χ2n) is 5.66. The number of rotatable bonds is 3. The lowest BCUT2D eigenvalue weighted by Crippen LogP contribution is -2.38. The van der Waals surface area contributed by atoms with E-state index in [0.29, 0.717) is 12.1 Å². The highest BCUT2D eigenvalue weighted by molar-refractivity contribution is 5.90. The van der Waals surface area contributed by atoms with Crippen LogP contribution in [0.15, 0.2) is 30.5 Å². The third-order valence-electron chi connectivity index (χ3n) is 4.10. The fourth-order valence-corrected chi connectivity index (χ4v) is 2.92. The number of pyridine rings is 1. The van der Waals surface area contributed by atoms with Crippen LogP contribution in [0.3, 0.4) is 0 Å². The van der Waals surface area contributed by atoms with E-state index >= 15 is 0 Å². The minimum absolute atomic E-state index is 0.284. The molecule has 0 amide bonds. The van der Waals surface area contributed by atoms with Gasteiger partial charge in [0.15, 0.2) is 0 Å². The normalized spacial score (nSPS) is 18.1. The van der Waals surface area contributed by atoms with Crippen molar-refractivity contribution in [3.63, 3.8) is 0 Å². The number of hydrogen-bond acceptors (Lipinski definition) is 3. The second-order valence-corrected chi connectivity index (χ2v) is 5.66. The molecule has 2 aromatic rings. The topological polar surface area (TPSA) is 45.1 Å². The molecule has 106 valence electrons. The first-order valence-electron chi connectivity index (χ1n) is 7.17. The number of nitrogens with zero attached hydrogens (tertiary/aromatic N) is 1. The van der Waals surface area contributed by atoms with E-state index in [1.807, 2.05) is 6.07 Å². The highest BCUT2D eigenvalue weighted by Gasteiger charge is 2.28. The predicted molar refractivity (Wildman–Crippen MR) is 78.2 cm³/mol. The molecule has 0 atom stereocenters. The number of aromatic nitrogens is 1. The van der Waals surface area contributed by atoms with Crippen LogP contribution in [0.1, 0.15) is 32.1 Å². The minimum atomic E-state index is -0.617. The van der Waals surface area contributed by atoms with Crippen LogP contribution in [0.5, 0.6) is 0 Å². The van der Waals surface area contributed by atoms with Gasteiger partial charge in [0, 0.05) is 29.9 Å². The molecule has 4 heteroatoms. The number of aliphatic hydroxyl groups is 1. The predicted octanol–water partition coefficient (Wildman–Crippen LogP) is 3.48. The fourth-order valence-electron chi connectivity index (χ4n) is 2.92. The SMILES string of the molecule is OC1(CNc2ccnc3cc(F)ccc23)CCCCC1. The van der Waals surface area contributed by atoms with Crippen molar-refractivity contribution in [2.24, 2.45) is 0 Å². The van der Waals surface area contributed by atoms with Gasteiger partial charge in [0.25, 0.3) is 0 Å². The fraction of sp³-hybridized carbons (Fsp3) is 0.438. The number of benzene rings is 1. The third kappa shape index (κ3) is 2.75. The molecule has 1 heterocycles. The van der Waals surface area contributed by atoms with Crippen LogP contribution in [-0.4, -0.2) is 22.2 Å². The van der Waals surface area contributed by atoms with E-state index in [0.717, 1.165) is 36.8 Å². The van der Waals surface area contributed by atoms with Crippen LogP contribution < -0.4 is 5.32 Å². The highest BCUT2D eigenvalue weighted by Crippen LogP contribution is 2.29. The number of anilines is 1. The second kappa shape index (κ2) is 5.37. The smallest absolute Gasteiger partial charge is 0.125 e. The standard InChI is InChI=1S/C16H19FN2O/c17-12-4-5-13-14(6-9-18-15(13)10-12)19-11-16(20)7-2-1-3-8-16/h4-6,9-10,20H,1-3,7-8,11H2,(H,18,19). The summed E-state index contributed by atoms with van der Waals surface area (Å²) in [7, 11) is 0. The van der Waals surface area contributed by atoms with Gasteiger partial charge in [0.1, 0.15) is 5.82 Å². The maximum absolute atomic E-state index is 13.2. The Kier molecular flexibility index (Phi) is 3.57. The van der Waals surface area contributed by atoms with Crippen molar-refractivity contribution in [1.82, 2.24) is 4.98 Å². The van der Waals surface area contributed by atoms with E-state index in [4.69, 9.17) is 0 Å². The Morgan fingerprint density at radius 2 is 2.00 bits per heavy atom. The third-order valence-corrected chi connectivity index (χ3v) is 4.10. The molecule has 0 radical (unpaired) electrons. The molecule has 3 nitrogen and oxygen atoms in total. The van der Waals surface area contributed by atoms with Crippen LogP contribution >= 0.6 is 0 Å². The van der Waals surface area contributed by atoms with Gasteiger partial charge in [-0.2, -0.15) is 0 Å². The van der Waals surface area contributed by atoms with Crippen molar-refractivity contribution in [2.75, 3.05) is 11.9 Å². The number of hydrogen-bond donors (Lipinski definition) is 2. The zero-order valence-corrected chi connectivity index (χ0v) is 11.4. The van der Waals surface area contributed by atoms with Crippen molar-refractivity contribution in [2.45, 2.75) is 37.7 Å². The molecule has 1 aromatic carbocycles. The van der Waals surface area contributed by atoms with E-state index in [1.165, 1.54) is 18.6 Å². The zero-order valence-electron chi connectivity index (χ0n) is 11.4. The Labute approximate surface area is 117 Å². The number of nitrogens with one attached hydrogen (secondary N) is 1. The monoisotopic (exact) mass is 274 g/mol. The van der Waals surface area contributed by atoms with Crippen LogP contribution in [0.4, 0.5) is 10.1 Å². The summed E-state index contributed by atoms with van der Waals surface area (Å²) in [5.41, 5.74) is 0.910. The quantitative estimate of drug-likeness (QED) is 0.900. The molecule has 1 fully saturated rings. The molecule has 0 bridgehead atoms. The Morgan fingerprint density at radius 1 is 1.20 bits per heavy atom. The van der Waals surface area contributed by atoms with Crippen molar-refractivity contribution >= 4 is 16.6 Å². The van der Waals surface area contributed by atoms with Gasteiger partial charge in [-0.1, -0.05) is 19.3 Å². The summed E-state index contributed by atoms with van der Waals surface area (Å²) in [6.07, 6.45) is 6.73. The van der Waals surface area contributed by atoms with Gasteiger partial charge in [-0.15, -0.1) is 0 Å². The summed E-state index contributed by atoms with van der Waals surface area (Å²) in [6.45, 7) is 0.531. The van der Waals surface area contributed by atoms with Crippen molar-refractivity contribution in [1.29, 1.82) is 0 Å². The summed E-state index contributed by atoms with van der Waals surface area (Å²) >= 11 is 0. The highest BCUT2D eigenvalue weighted by atomic mass is 19.1. The van der Waals surface area contributed by atoms with Gasteiger partial charge in [-0.25, -0.2) is 4.39 Å². The molecule has 2 N–H and O–H groups in total. The Balaban J connectivity index is 1.80. The summed E-state index contributed by atoms with van der Waals surface area (Å²) < 4.78 is 13.2. The van der Waals surface area contributed by atoms with Gasteiger partial charge < -0.3 is 10.4 Å². The molecule has 1 saturated carbocycles. The largest absolute Gasteiger partial charge is 0.388 e. The van der Waals surface area contributed by atoms with Crippen LogP contribution in [0.2, 0.25) is 0 Å². The van der Waals surface area contributed by atoms with E-state index in [1.54, 1.807) is 12.3 Å². The molecule has 1 aliphatic rings. The molecule has 0 unspecified atom stereocenters. The van der Waals surface area contributed by atoms with Gasteiger partial charge in [0.05, 0.1) is 11.1 Å². The average Bonchev–Trinajstić information content (AvgIpc) is 2.45. The van der Waals surface area contributed by atoms with E-state index in [2.05, 4.69) is 10.3 Å². The first kappa shape index (κ1) is 13.3. The molecule has 3 rings (SSSR count). The molecule has 1 aliphatic carbocycles. The Morgan fingerprint density at radius 3 is 2.80 bits per heavy atom. The maximum Gasteiger partial charge on any atom is 0.125 e. The molecule has 0 spiro atoms. The molecular weight excluding hydrogens is 255 g/mol. The molecular formula is C16H19FN2O. The van der Waals surface area contributed by atoms with Crippen molar-refractivity contribution in [3.05, 3.63) is 36.3 Å². The van der Waals surface area contributed by atoms with E-state index in [-0.39, 0.29) is 5.82 Å². The molecule has 0 saturated heterocycles. The van der Waals surface area contributed by atoms with Crippen molar-refractivity contribution < 1.29 is 9.50 Å². The molecule has 0 aliphatic heterocycles. The number of fused-ring (bicyclic) bond motifs is 1. The minimum Gasteiger partial charge on any atom is -0.388 e. The lowest BCUT2D eigenvalue weighted by molar-refractivity contribution is 0.0167. The average molecular weight is 274 g/mol. The molecule has 20 heavy (non-hydrogen) atoms. The lowest BCUT2D eigenvalue weighted by atomic mass is 9.85. The first-order valence-corrected chi connectivity index (χ1v) is 7.17. The Hall–Kier alpha value is -1.68. The first-order chi connectivity index (χ1) is 9.66. The van der Waals surface area contributed by atoms with Crippen LogP contribution in [0, 0.1) is 5.82 Å². The molecule has 1 aromatic heterocycles. The van der Waals surface area contributed by atoms with Crippen LogP contribution in [-0.2, 0) is 0 Å². The van der Waals surface area contributed by atoms with E-state index in [9.17, 15) is 9.50 Å². The van der Waals surface area contributed by atoms with Crippen molar-refractivity contribution in [3.8, 4) is 0 Å². The number of halogens is 1. The van der Waals surface area contributed by atoms with Crippen LogP contribution in [0.25, 0.3) is 10.9 Å². The lowest BCUT2D eigenvalue weighted by Gasteiger charge is -2.32. The summed E-state index contributed by atoms with van der Waals surface area (Å²) in [5, 5.41) is 14.7. The summed E-state index contributed by atoms with van der Waals surface area (Å²) in [5.74, 6) is -0.284. The van der Waals surface area contributed by atoms with Gasteiger partial charge >= 0.3 is 0 Å². The summed E-state index contributed by atoms with van der Waals surface area (Å²) in [4.78, 5) is 4.17. The van der Waals surface area contributed by atoms with E-state index < -0.39 is 5.60 Å². The summed E-state index contributed by atoms with van der Waals surface area (Å²) in [6, 6.07) is 6.46. The Bertz CT molecular complexity index is 608. The van der Waals surface area contributed by atoms with Gasteiger partial charge in [-0.05, 0) is 31.0 Å². The van der Waals surface area contributed by atoms with Gasteiger partial charge in [0.2, 0.25) is 0 Å². The van der Waals surface area contributed by atoms with Gasteiger partial charge in [-0.3, -0.25) is 4.98 Å². The zero-order chi connectivity index (χ0) is 14.0.